The molecule has 0 aliphatic rings. The van der Waals surface area contributed by atoms with Crippen molar-refractivity contribution in [3.63, 3.8) is 0 Å². The normalized spacial score (nSPS) is 11.7. The van der Waals surface area contributed by atoms with Crippen molar-refractivity contribution in [2.75, 3.05) is 4.72 Å². The van der Waals surface area contributed by atoms with Crippen LogP contribution in [0.5, 0.6) is 0 Å². The SMILES string of the molecule is O=S(=O)(Nc1nc2ccccc2nc1Sc1nc2ccccc2s1)c1ccccc1. The summed E-state index contributed by atoms with van der Waals surface area (Å²) < 4.78 is 30.2. The van der Waals surface area contributed by atoms with Gasteiger partial charge in [-0.25, -0.2) is 23.4 Å². The highest BCUT2D eigenvalue weighted by Crippen LogP contribution is 2.37. The molecule has 1 N–H and O–H groups in total. The van der Waals surface area contributed by atoms with E-state index in [2.05, 4.69) is 19.7 Å². The lowest BCUT2D eigenvalue weighted by Gasteiger charge is -2.11. The van der Waals surface area contributed by atoms with Crippen molar-refractivity contribution in [1.82, 2.24) is 15.0 Å². The fourth-order valence-electron chi connectivity index (χ4n) is 2.88. The number of hydrogen-bond donors (Lipinski definition) is 1. The number of benzene rings is 3. The van der Waals surface area contributed by atoms with Crippen molar-refractivity contribution in [2.24, 2.45) is 0 Å². The number of fused-ring (bicyclic) bond motifs is 2. The zero-order valence-electron chi connectivity index (χ0n) is 15.4. The molecular weight excluding hydrogens is 436 g/mol. The lowest BCUT2D eigenvalue weighted by Crippen LogP contribution is -2.15. The van der Waals surface area contributed by atoms with Gasteiger partial charge in [0, 0.05) is 0 Å². The monoisotopic (exact) mass is 450 g/mol. The van der Waals surface area contributed by atoms with Crippen molar-refractivity contribution in [3.8, 4) is 0 Å². The van der Waals surface area contributed by atoms with Crippen LogP contribution in [0, 0.1) is 0 Å². The molecule has 6 nitrogen and oxygen atoms in total. The quantitative estimate of drug-likeness (QED) is 0.397. The molecule has 0 aliphatic carbocycles. The molecule has 30 heavy (non-hydrogen) atoms. The van der Waals surface area contributed by atoms with E-state index in [1.54, 1.807) is 24.3 Å². The summed E-state index contributed by atoms with van der Waals surface area (Å²) in [6.45, 7) is 0. The fraction of sp³-hybridized carbons (Fsp3) is 0. The predicted octanol–water partition coefficient (Wildman–Crippen LogP) is 5.19. The maximum atomic E-state index is 12.9. The molecule has 0 saturated heterocycles. The Hall–Kier alpha value is -3.01. The molecule has 148 valence electrons. The molecule has 0 aliphatic heterocycles. The van der Waals surface area contributed by atoms with Gasteiger partial charge in [0.2, 0.25) is 0 Å². The summed E-state index contributed by atoms with van der Waals surface area (Å²) in [7, 11) is -3.80. The molecule has 5 rings (SSSR count). The highest BCUT2D eigenvalue weighted by atomic mass is 32.2. The number of para-hydroxylation sites is 3. The number of rotatable bonds is 5. The van der Waals surface area contributed by atoms with Crippen LogP contribution < -0.4 is 4.72 Å². The molecule has 3 aromatic carbocycles. The van der Waals surface area contributed by atoms with Gasteiger partial charge in [-0.15, -0.1) is 11.3 Å². The second-order valence-corrected chi connectivity index (χ2v) is 10.3. The number of hydrogen-bond acceptors (Lipinski definition) is 7. The van der Waals surface area contributed by atoms with E-state index in [0.29, 0.717) is 16.1 Å². The number of sulfonamides is 1. The summed E-state index contributed by atoms with van der Waals surface area (Å²) in [6.07, 6.45) is 0. The summed E-state index contributed by atoms with van der Waals surface area (Å²) in [5.74, 6) is 0.182. The van der Waals surface area contributed by atoms with Gasteiger partial charge in [-0.05, 0) is 48.2 Å². The van der Waals surface area contributed by atoms with Gasteiger partial charge in [-0.2, -0.15) is 0 Å². The number of anilines is 1. The van der Waals surface area contributed by atoms with Crippen molar-refractivity contribution in [2.45, 2.75) is 14.3 Å². The van der Waals surface area contributed by atoms with E-state index in [9.17, 15) is 8.42 Å². The first-order valence-corrected chi connectivity index (χ1v) is 12.1. The maximum Gasteiger partial charge on any atom is 0.263 e. The van der Waals surface area contributed by atoms with Gasteiger partial charge < -0.3 is 0 Å². The van der Waals surface area contributed by atoms with Gasteiger partial charge >= 0.3 is 0 Å². The van der Waals surface area contributed by atoms with Crippen LogP contribution in [0.15, 0.2) is 93.1 Å². The van der Waals surface area contributed by atoms with Crippen LogP contribution in [0.25, 0.3) is 21.3 Å². The van der Waals surface area contributed by atoms with Crippen LogP contribution in [0.2, 0.25) is 0 Å². The van der Waals surface area contributed by atoms with Crippen molar-refractivity contribution in [3.05, 3.63) is 78.9 Å². The van der Waals surface area contributed by atoms with Gasteiger partial charge in [-0.1, -0.05) is 42.5 Å². The zero-order chi connectivity index (χ0) is 20.6. The molecule has 2 aromatic heterocycles. The van der Waals surface area contributed by atoms with Gasteiger partial charge in [-0.3, -0.25) is 4.72 Å². The number of nitrogens with one attached hydrogen (secondary N) is 1. The predicted molar refractivity (Wildman–Crippen MR) is 121 cm³/mol. The Kier molecular flexibility index (Phi) is 4.86. The minimum Gasteiger partial charge on any atom is -0.261 e. The van der Waals surface area contributed by atoms with E-state index in [-0.39, 0.29) is 10.7 Å². The van der Waals surface area contributed by atoms with Gasteiger partial charge in [0.25, 0.3) is 10.0 Å². The summed E-state index contributed by atoms with van der Waals surface area (Å²) in [4.78, 5) is 14.0. The summed E-state index contributed by atoms with van der Waals surface area (Å²) in [5.41, 5.74) is 2.19. The third-order valence-corrected chi connectivity index (χ3v) is 7.71. The highest BCUT2D eigenvalue weighted by Gasteiger charge is 2.20. The Bertz CT molecular complexity index is 1430. The van der Waals surface area contributed by atoms with Crippen molar-refractivity contribution >= 4 is 60.2 Å². The Balaban J connectivity index is 1.59. The standard InChI is InChI=1S/C21H14N4O2S3/c26-30(27,14-8-2-1-3-9-14)25-19-20(23-16-11-5-4-10-15(16)22-19)29-21-24-17-12-6-7-13-18(17)28-21/h1-13H,(H,22,25). The molecule has 9 heteroatoms. The second kappa shape index (κ2) is 7.67. The average Bonchev–Trinajstić information content (AvgIpc) is 3.17. The van der Waals surface area contributed by atoms with Crippen LogP contribution >= 0.6 is 23.1 Å². The Morgan fingerprint density at radius 1 is 0.733 bits per heavy atom. The van der Waals surface area contributed by atoms with Crippen molar-refractivity contribution < 1.29 is 8.42 Å². The van der Waals surface area contributed by atoms with Gasteiger partial charge in [0.1, 0.15) is 5.03 Å². The molecule has 0 spiro atoms. The van der Waals surface area contributed by atoms with Crippen molar-refractivity contribution in [1.29, 1.82) is 0 Å². The number of nitrogens with zero attached hydrogens (tertiary/aromatic N) is 3. The molecule has 0 unspecified atom stereocenters. The van der Waals surface area contributed by atoms with Gasteiger partial charge in [0.15, 0.2) is 10.2 Å². The largest absolute Gasteiger partial charge is 0.263 e. The lowest BCUT2D eigenvalue weighted by molar-refractivity contribution is 0.601. The molecule has 0 fully saturated rings. The third kappa shape index (κ3) is 3.74. The fourth-order valence-corrected chi connectivity index (χ4v) is 6.00. The van der Waals surface area contributed by atoms with Crippen LogP contribution in [-0.2, 0) is 10.0 Å². The summed E-state index contributed by atoms with van der Waals surface area (Å²) in [6, 6.07) is 23.4. The molecule has 0 atom stereocenters. The van der Waals surface area contributed by atoms with E-state index in [0.717, 1.165) is 14.6 Å². The first kappa shape index (κ1) is 19.0. The van der Waals surface area contributed by atoms with E-state index in [1.165, 1.54) is 35.2 Å². The lowest BCUT2D eigenvalue weighted by atomic mass is 10.3. The highest BCUT2D eigenvalue weighted by molar-refractivity contribution is 8.01. The van der Waals surface area contributed by atoms with Crippen LogP contribution in [0.3, 0.4) is 0 Å². The molecule has 5 aromatic rings. The first-order chi connectivity index (χ1) is 14.6. The smallest absolute Gasteiger partial charge is 0.261 e. The van der Waals surface area contributed by atoms with E-state index >= 15 is 0 Å². The van der Waals surface area contributed by atoms with Crippen LogP contribution in [-0.4, -0.2) is 23.4 Å². The van der Waals surface area contributed by atoms with Crippen LogP contribution in [0.4, 0.5) is 5.82 Å². The summed E-state index contributed by atoms with van der Waals surface area (Å²) >= 11 is 2.82. The minimum absolute atomic E-state index is 0.163. The zero-order valence-corrected chi connectivity index (χ0v) is 17.8. The minimum atomic E-state index is -3.80. The first-order valence-electron chi connectivity index (χ1n) is 8.97. The van der Waals surface area contributed by atoms with E-state index in [4.69, 9.17) is 0 Å². The average molecular weight is 451 g/mol. The topological polar surface area (TPSA) is 84.8 Å². The molecule has 2 heterocycles. The molecular formula is C21H14N4O2S3. The number of aromatic nitrogens is 3. The molecule has 0 bridgehead atoms. The Morgan fingerprint density at radius 2 is 1.37 bits per heavy atom. The second-order valence-electron chi connectivity index (χ2n) is 6.33. The third-order valence-electron chi connectivity index (χ3n) is 4.28. The summed E-state index contributed by atoms with van der Waals surface area (Å²) in [5, 5.41) is 0.451. The van der Waals surface area contributed by atoms with E-state index in [1.807, 2.05) is 42.5 Å². The van der Waals surface area contributed by atoms with Gasteiger partial charge in [0.05, 0.1) is 26.1 Å². The van der Waals surface area contributed by atoms with E-state index < -0.39 is 10.0 Å². The Labute approximate surface area is 181 Å². The Morgan fingerprint density at radius 3 is 2.10 bits per heavy atom. The maximum absolute atomic E-state index is 12.9. The molecule has 0 amide bonds. The van der Waals surface area contributed by atoms with Crippen LogP contribution in [0.1, 0.15) is 0 Å². The molecule has 0 saturated carbocycles. The molecule has 0 radical (unpaired) electrons. The number of thiazole rings is 1.